The van der Waals surface area contributed by atoms with E-state index in [4.69, 9.17) is 16.9 Å². The predicted molar refractivity (Wildman–Crippen MR) is 135 cm³/mol. The van der Waals surface area contributed by atoms with E-state index in [1.165, 1.54) is 15.4 Å². The van der Waals surface area contributed by atoms with E-state index in [0.717, 1.165) is 6.07 Å². The van der Waals surface area contributed by atoms with Crippen LogP contribution in [0.4, 0.5) is 18.9 Å². The molecule has 8 nitrogen and oxygen atoms in total. The largest absolute Gasteiger partial charge is 0.416 e. The molecular weight excluding hydrogens is 507 g/mol. The number of aryl methyl sites for hydroxylation is 1. The fourth-order valence-electron chi connectivity index (χ4n) is 5.26. The van der Waals surface area contributed by atoms with E-state index in [-0.39, 0.29) is 34.9 Å². The minimum Gasteiger partial charge on any atom is -0.364 e. The van der Waals surface area contributed by atoms with Crippen LogP contribution in [-0.4, -0.2) is 49.4 Å². The van der Waals surface area contributed by atoms with Crippen LogP contribution >= 0.6 is 11.6 Å². The lowest BCUT2D eigenvalue weighted by Gasteiger charge is -2.49. The molecule has 0 saturated carbocycles. The molecule has 0 amide bonds. The molecule has 0 bridgehead atoms. The highest BCUT2D eigenvalue weighted by molar-refractivity contribution is 6.29. The maximum Gasteiger partial charge on any atom is 0.416 e. The maximum absolute atomic E-state index is 13.9. The first-order chi connectivity index (χ1) is 17.5. The summed E-state index contributed by atoms with van der Waals surface area (Å²) in [5.74, 6) is 0. The summed E-state index contributed by atoms with van der Waals surface area (Å²) in [7, 11) is 1.66. The summed E-state index contributed by atoms with van der Waals surface area (Å²) in [6.45, 7) is 6.84. The van der Waals surface area contributed by atoms with Crippen LogP contribution in [0.5, 0.6) is 0 Å². The van der Waals surface area contributed by atoms with Gasteiger partial charge in [-0.05, 0) is 31.4 Å². The topological polar surface area (TPSA) is 83.0 Å². The molecule has 3 aromatic heterocycles. The Balaban J connectivity index is 1.75. The number of aromatic nitrogens is 4. The quantitative estimate of drug-likeness (QED) is 0.423. The van der Waals surface area contributed by atoms with Gasteiger partial charge in [0.05, 0.1) is 29.0 Å². The highest BCUT2D eigenvalue weighted by Crippen LogP contribution is 2.40. The summed E-state index contributed by atoms with van der Waals surface area (Å²) in [5, 5.41) is 13.5. The minimum atomic E-state index is -4.55. The number of fused-ring (bicyclic) bond motifs is 1. The summed E-state index contributed by atoms with van der Waals surface area (Å²) in [6.07, 6.45) is -0.243. The van der Waals surface area contributed by atoms with E-state index in [1.807, 2.05) is 13.8 Å². The lowest BCUT2D eigenvalue weighted by molar-refractivity contribution is -0.139. The van der Waals surface area contributed by atoms with Crippen molar-refractivity contribution in [3.63, 3.8) is 0 Å². The SMILES string of the molecule is CC[C@H]1CN(C(C)c2cnc(Cl)cc2C(F)(F)F)[C@H](CC)CN1c1cc(=O)n(C)c2cn(CC#N)nc12. The lowest BCUT2D eigenvalue weighted by atomic mass is 9.95. The maximum atomic E-state index is 13.9. The minimum absolute atomic E-state index is 0.0546. The smallest absolute Gasteiger partial charge is 0.364 e. The number of alkyl halides is 3. The van der Waals surface area contributed by atoms with Crippen molar-refractivity contribution < 1.29 is 13.2 Å². The highest BCUT2D eigenvalue weighted by Gasteiger charge is 2.40. The number of nitrogens with zero attached hydrogens (tertiary/aromatic N) is 7. The molecule has 0 aromatic carbocycles. The van der Waals surface area contributed by atoms with Crippen LogP contribution in [0.15, 0.2) is 29.3 Å². The Morgan fingerprint density at radius 3 is 2.54 bits per heavy atom. The molecule has 3 atom stereocenters. The number of hydrogen-bond donors (Lipinski definition) is 0. The third kappa shape index (κ3) is 5.05. The number of hydrogen-bond acceptors (Lipinski definition) is 6. The molecule has 4 heterocycles. The summed E-state index contributed by atoms with van der Waals surface area (Å²) in [5.41, 5.74) is 1.04. The molecule has 37 heavy (non-hydrogen) atoms. The van der Waals surface area contributed by atoms with Gasteiger partial charge in [-0.25, -0.2) is 4.98 Å². The third-order valence-corrected chi connectivity index (χ3v) is 7.52. The van der Waals surface area contributed by atoms with E-state index in [1.54, 1.807) is 26.2 Å². The second kappa shape index (κ2) is 10.3. The molecule has 1 unspecified atom stereocenters. The molecule has 4 rings (SSSR count). The lowest BCUT2D eigenvalue weighted by Crippen LogP contribution is -2.59. The van der Waals surface area contributed by atoms with Crippen LogP contribution < -0.4 is 10.5 Å². The number of rotatable bonds is 6. The second-order valence-electron chi connectivity index (χ2n) is 9.39. The van der Waals surface area contributed by atoms with Crippen molar-refractivity contribution in [3.05, 3.63) is 51.2 Å². The average Bonchev–Trinajstić information content (AvgIpc) is 3.29. The standard InChI is InChI=1S/C25H29ClF3N7O/c1-5-16-13-36(20-10-23(37)33(4)21-14-34(8-7-30)32-24(20)21)17(6-2)12-35(16)15(3)18-11-31-22(26)9-19(18)25(27,28)29/h9-11,14-17H,5-6,8,12-13H2,1-4H3/t15?,16-,17+/m1/s1. The van der Waals surface area contributed by atoms with Gasteiger partial charge in [-0.1, -0.05) is 25.4 Å². The van der Waals surface area contributed by atoms with Gasteiger partial charge in [0.25, 0.3) is 5.56 Å². The summed E-state index contributed by atoms with van der Waals surface area (Å²) in [6, 6.07) is 3.80. The molecule has 1 saturated heterocycles. The van der Waals surface area contributed by atoms with Crippen molar-refractivity contribution in [2.45, 2.75) is 64.5 Å². The number of piperazine rings is 1. The first-order valence-corrected chi connectivity index (χ1v) is 12.6. The molecule has 12 heteroatoms. The van der Waals surface area contributed by atoms with Crippen LogP contribution in [0.25, 0.3) is 11.0 Å². The molecular formula is C25H29ClF3N7O. The monoisotopic (exact) mass is 535 g/mol. The molecule has 1 aliphatic heterocycles. The summed E-state index contributed by atoms with van der Waals surface area (Å²) >= 11 is 5.81. The van der Waals surface area contributed by atoms with Crippen molar-refractivity contribution in [2.75, 3.05) is 18.0 Å². The van der Waals surface area contributed by atoms with Crippen LogP contribution in [0, 0.1) is 11.3 Å². The van der Waals surface area contributed by atoms with Crippen molar-refractivity contribution in [2.24, 2.45) is 7.05 Å². The summed E-state index contributed by atoms with van der Waals surface area (Å²) in [4.78, 5) is 21.0. The zero-order valence-corrected chi connectivity index (χ0v) is 21.9. The van der Waals surface area contributed by atoms with E-state index in [9.17, 15) is 18.0 Å². The molecule has 0 aliphatic carbocycles. The zero-order chi connectivity index (χ0) is 27.1. The van der Waals surface area contributed by atoms with Crippen molar-refractivity contribution >= 4 is 28.3 Å². The van der Waals surface area contributed by atoms with Crippen LogP contribution in [0.2, 0.25) is 5.15 Å². The first-order valence-electron chi connectivity index (χ1n) is 12.2. The third-order valence-electron chi connectivity index (χ3n) is 7.31. The summed E-state index contributed by atoms with van der Waals surface area (Å²) < 4.78 is 44.6. The Kier molecular flexibility index (Phi) is 7.53. The predicted octanol–water partition coefficient (Wildman–Crippen LogP) is 4.77. The molecule has 198 valence electrons. The Bertz CT molecular complexity index is 1390. The van der Waals surface area contributed by atoms with Gasteiger partial charge in [0.1, 0.15) is 17.2 Å². The van der Waals surface area contributed by atoms with Gasteiger partial charge in [-0.3, -0.25) is 14.4 Å². The van der Waals surface area contributed by atoms with Gasteiger partial charge in [-0.15, -0.1) is 0 Å². The molecule has 1 aliphatic rings. The molecule has 0 spiro atoms. The Morgan fingerprint density at radius 2 is 1.92 bits per heavy atom. The van der Waals surface area contributed by atoms with E-state index in [2.05, 4.69) is 26.0 Å². The van der Waals surface area contributed by atoms with Crippen LogP contribution in [0.3, 0.4) is 0 Å². The van der Waals surface area contributed by atoms with Gasteiger partial charge >= 0.3 is 6.18 Å². The second-order valence-corrected chi connectivity index (χ2v) is 9.77. The Hall–Kier alpha value is -3.10. The fourth-order valence-corrected chi connectivity index (χ4v) is 5.42. The first kappa shape index (κ1) is 26.9. The van der Waals surface area contributed by atoms with E-state index >= 15 is 0 Å². The normalized spacial score (nSPS) is 19.8. The molecule has 0 radical (unpaired) electrons. The number of pyridine rings is 2. The number of anilines is 1. The Morgan fingerprint density at radius 1 is 1.22 bits per heavy atom. The van der Waals surface area contributed by atoms with Crippen LogP contribution in [-0.2, 0) is 19.8 Å². The van der Waals surface area contributed by atoms with Crippen molar-refractivity contribution in [3.8, 4) is 6.07 Å². The van der Waals surface area contributed by atoms with Gasteiger partial charge in [-0.2, -0.15) is 23.5 Å². The molecule has 1 fully saturated rings. The zero-order valence-electron chi connectivity index (χ0n) is 21.1. The van der Waals surface area contributed by atoms with Gasteiger partial charge in [0.15, 0.2) is 0 Å². The van der Waals surface area contributed by atoms with Crippen molar-refractivity contribution in [1.82, 2.24) is 24.2 Å². The van der Waals surface area contributed by atoms with Gasteiger partial charge < -0.3 is 9.47 Å². The fraction of sp³-hybridized carbons (Fsp3) is 0.520. The molecule has 0 N–H and O–H groups in total. The highest BCUT2D eigenvalue weighted by atomic mass is 35.5. The van der Waals surface area contributed by atoms with Gasteiger partial charge in [0, 0.05) is 50.5 Å². The average molecular weight is 536 g/mol. The van der Waals surface area contributed by atoms with E-state index in [0.29, 0.717) is 42.7 Å². The number of halogens is 4. The van der Waals surface area contributed by atoms with E-state index < -0.39 is 17.8 Å². The Labute approximate surface area is 217 Å². The molecule has 3 aromatic rings. The van der Waals surface area contributed by atoms with Gasteiger partial charge in [0.2, 0.25) is 0 Å². The number of nitriles is 1. The van der Waals surface area contributed by atoms with Crippen LogP contribution in [0.1, 0.15) is 50.8 Å². The van der Waals surface area contributed by atoms with Crippen molar-refractivity contribution in [1.29, 1.82) is 5.26 Å².